The van der Waals surface area contributed by atoms with Gasteiger partial charge in [-0.25, -0.2) is 0 Å². The Bertz CT molecular complexity index is 216. The molecule has 0 aliphatic carbocycles. The van der Waals surface area contributed by atoms with E-state index in [2.05, 4.69) is 40.8 Å². The van der Waals surface area contributed by atoms with Crippen molar-refractivity contribution in [3.63, 3.8) is 0 Å². The van der Waals surface area contributed by atoms with Crippen LogP contribution in [0.1, 0.15) is 47.5 Å². The van der Waals surface area contributed by atoms with Crippen molar-refractivity contribution in [2.75, 3.05) is 0 Å². The van der Waals surface area contributed by atoms with E-state index in [1.807, 2.05) is 0 Å². The maximum absolute atomic E-state index is 11.4. The molecule has 0 unspecified atom stereocenters. The number of hydrogen-bond donors (Lipinski definition) is 0. The number of rotatable bonds is 5. The van der Waals surface area contributed by atoms with Gasteiger partial charge in [0, 0.05) is 0 Å². The van der Waals surface area contributed by atoms with Crippen LogP contribution >= 0.6 is 0 Å². The molecular weight excluding hydrogens is 204 g/mol. The molecular formula is C12H26O2Si. The van der Waals surface area contributed by atoms with Crippen molar-refractivity contribution in [2.24, 2.45) is 0 Å². The highest BCUT2D eigenvalue weighted by Gasteiger charge is 2.39. The topological polar surface area (TPSA) is 26.3 Å². The highest BCUT2D eigenvalue weighted by molar-refractivity contribution is 6.74. The molecule has 2 nitrogen and oxygen atoms in total. The summed E-state index contributed by atoms with van der Waals surface area (Å²) in [6.45, 7) is 14.7. The molecule has 0 radical (unpaired) electrons. The number of carbonyl (C=O) groups is 1. The van der Waals surface area contributed by atoms with Crippen LogP contribution in [0.2, 0.25) is 18.1 Å². The van der Waals surface area contributed by atoms with Gasteiger partial charge < -0.3 is 4.43 Å². The van der Waals surface area contributed by atoms with Gasteiger partial charge in [-0.15, -0.1) is 0 Å². The second kappa shape index (κ2) is 5.26. The standard InChI is InChI=1S/C12H26O2Si/c1-8-9-11(10(2)13)14-15(6,7)12(3,4)5/h11H,8-9H2,1-7H3/t11-/m1/s1. The van der Waals surface area contributed by atoms with Crippen molar-refractivity contribution < 1.29 is 9.22 Å². The molecule has 0 rings (SSSR count). The Morgan fingerprint density at radius 1 is 1.33 bits per heavy atom. The predicted molar refractivity (Wildman–Crippen MR) is 67.7 cm³/mol. The first kappa shape index (κ1) is 14.8. The van der Waals surface area contributed by atoms with Crippen molar-refractivity contribution in [3.8, 4) is 0 Å². The summed E-state index contributed by atoms with van der Waals surface area (Å²) in [6, 6.07) is 0. The van der Waals surface area contributed by atoms with Gasteiger partial charge >= 0.3 is 0 Å². The zero-order chi connectivity index (χ0) is 12.3. The van der Waals surface area contributed by atoms with E-state index in [0.717, 1.165) is 12.8 Å². The van der Waals surface area contributed by atoms with Gasteiger partial charge in [0.05, 0.1) is 0 Å². The third kappa shape index (κ3) is 4.47. The maximum Gasteiger partial charge on any atom is 0.193 e. The van der Waals surface area contributed by atoms with E-state index in [1.165, 1.54) is 0 Å². The summed E-state index contributed by atoms with van der Waals surface area (Å²) in [5.41, 5.74) is 0. The normalized spacial score (nSPS) is 15.1. The third-order valence-corrected chi connectivity index (χ3v) is 7.73. The molecule has 0 saturated carbocycles. The maximum atomic E-state index is 11.4. The second-order valence-corrected chi connectivity index (χ2v) is 10.5. The van der Waals surface area contributed by atoms with Gasteiger partial charge in [0.2, 0.25) is 0 Å². The fourth-order valence-corrected chi connectivity index (χ4v) is 2.49. The summed E-state index contributed by atoms with van der Waals surface area (Å²) in [7, 11) is -1.79. The first-order valence-corrected chi connectivity index (χ1v) is 8.71. The average Bonchev–Trinajstić information content (AvgIpc) is 2.00. The van der Waals surface area contributed by atoms with Crippen molar-refractivity contribution in [2.45, 2.75) is 71.7 Å². The molecule has 90 valence electrons. The molecule has 0 amide bonds. The summed E-state index contributed by atoms with van der Waals surface area (Å²) >= 11 is 0. The molecule has 0 heterocycles. The van der Waals surface area contributed by atoms with Crippen LogP contribution in [-0.4, -0.2) is 20.2 Å². The highest BCUT2D eigenvalue weighted by Crippen LogP contribution is 2.37. The minimum Gasteiger partial charge on any atom is -0.407 e. The van der Waals surface area contributed by atoms with Crippen molar-refractivity contribution in [3.05, 3.63) is 0 Å². The molecule has 0 aromatic rings. The molecule has 0 aliphatic rings. The van der Waals surface area contributed by atoms with Gasteiger partial charge in [0.25, 0.3) is 0 Å². The first-order valence-electron chi connectivity index (χ1n) is 5.80. The zero-order valence-corrected chi connectivity index (χ0v) is 12.3. The van der Waals surface area contributed by atoms with E-state index < -0.39 is 8.32 Å². The molecule has 1 atom stereocenters. The van der Waals surface area contributed by atoms with Crippen LogP contribution in [0.15, 0.2) is 0 Å². The van der Waals surface area contributed by atoms with Gasteiger partial charge in [-0.3, -0.25) is 4.79 Å². The number of carbonyl (C=O) groups excluding carboxylic acids is 1. The van der Waals surface area contributed by atoms with Crippen LogP contribution in [0.25, 0.3) is 0 Å². The van der Waals surface area contributed by atoms with Gasteiger partial charge in [0.1, 0.15) is 6.10 Å². The van der Waals surface area contributed by atoms with Crippen molar-refractivity contribution in [1.82, 2.24) is 0 Å². The molecule has 0 N–H and O–H groups in total. The summed E-state index contributed by atoms with van der Waals surface area (Å²) in [6.07, 6.45) is 1.66. The lowest BCUT2D eigenvalue weighted by molar-refractivity contribution is -0.124. The van der Waals surface area contributed by atoms with Crippen LogP contribution in [-0.2, 0) is 9.22 Å². The Morgan fingerprint density at radius 2 is 1.80 bits per heavy atom. The molecule has 3 heteroatoms. The number of Topliss-reactive ketones (excluding diaryl/α,β-unsaturated/α-hetero) is 1. The lowest BCUT2D eigenvalue weighted by atomic mass is 10.1. The number of hydrogen-bond acceptors (Lipinski definition) is 2. The van der Waals surface area contributed by atoms with E-state index in [-0.39, 0.29) is 16.9 Å². The highest BCUT2D eigenvalue weighted by atomic mass is 28.4. The van der Waals surface area contributed by atoms with Crippen LogP contribution in [0, 0.1) is 0 Å². The molecule has 0 fully saturated rings. The van der Waals surface area contributed by atoms with Crippen LogP contribution < -0.4 is 0 Å². The predicted octanol–water partition coefficient (Wildman–Crippen LogP) is 3.77. The lowest BCUT2D eigenvalue weighted by Crippen LogP contribution is -2.45. The molecule has 0 spiro atoms. The second-order valence-electron chi connectivity index (χ2n) is 5.77. The van der Waals surface area contributed by atoms with Gasteiger partial charge in [-0.1, -0.05) is 34.1 Å². The van der Waals surface area contributed by atoms with Crippen molar-refractivity contribution >= 4 is 14.1 Å². The van der Waals surface area contributed by atoms with Gasteiger partial charge in [-0.05, 0) is 31.5 Å². The molecule has 0 aromatic carbocycles. The monoisotopic (exact) mass is 230 g/mol. The third-order valence-electron chi connectivity index (χ3n) is 3.25. The molecule has 0 bridgehead atoms. The van der Waals surface area contributed by atoms with Crippen molar-refractivity contribution in [1.29, 1.82) is 0 Å². The molecule has 0 aromatic heterocycles. The van der Waals surface area contributed by atoms with Gasteiger partial charge in [0.15, 0.2) is 14.1 Å². The van der Waals surface area contributed by atoms with E-state index in [0.29, 0.717) is 0 Å². The SMILES string of the molecule is CCC[C@@H](O[Si](C)(C)C(C)(C)C)C(C)=O. The Morgan fingerprint density at radius 3 is 2.07 bits per heavy atom. The Balaban J connectivity index is 4.59. The zero-order valence-electron chi connectivity index (χ0n) is 11.3. The van der Waals surface area contributed by atoms with E-state index in [9.17, 15) is 4.79 Å². The summed E-state index contributed by atoms with van der Waals surface area (Å²) in [5.74, 6) is 0.168. The Labute approximate surface area is 95.5 Å². The summed E-state index contributed by atoms with van der Waals surface area (Å²) in [4.78, 5) is 11.4. The van der Waals surface area contributed by atoms with E-state index in [4.69, 9.17) is 4.43 Å². The minimum atomic E-state index is -1.79. The van der Waals surface area contributed by atoms with Crippen LogP contribution in [0.5, 0.6) is 0 Å². The van der Waals surface area contributed by atoms with E-state index in [1.54, 1.807) is 6.92 Å². The van der Waals surface area contributed by atoms with Crippen LogP contribution in [0.3, 0.4) is 0 Å². The average molecular weight is 230 g/mol. The molecule has 15 heavy (non-hydrogen) atoms. The lowest BCUT2D eigenvalue weighted by Gasteiger charge is -2.38. The Hall–Kier alpha value is -0.153. The largest absolute Gasteiger partial charge is 0.407 e. The van der Waals surface area contributed by atoms with Crippen LogP contribution in [0.4, 0.5) is 0 Å². The molecule has 0 saturated heterocycles. The quantitative estimate of drug-likeness (QED) is 0.672. The van der Waals surface area contributed by atoms with E-state index >= 15 is 0 Å². The smallest absolute Gasteiger partial charge is 0.193 e. The Kier molecular flexibility index (Phi) is 5.20. The van der Waals surface area contributed by atoms with Gasteiger partial charge in [-0.2, -0.15) is 0 Å². The summed E-state index contributed by atoms with van der Waals surface area (Å²) in [5, 5.41) is 0.175. The number of ketones is 1. The molecule has 0 aliphatic heterocycles. The minimum absolute atomic E-state index is 0.168. The summed E-state index contributed by atoms with van der Waals surface area (Å²) < 4.78 is 6.09. The first-order chi connectivity index (χ1) is 6.62. The fraction of sp³-hybridized carbons (Fsp3) is 0.917. The fourth-order valence-electron chi connectivity index (χ4n) is 1.14.